The van der Waals surface area contributed by atoms with E-state index in [1.165, 1.54) is 14.2 Å². The molecule has 84 valence electrons. The third-order valence-electron chi connectivity index (χ3n) is 2.23. The first-order chi connectivity index (χ1) is 7.74. The second-order valence-electron chi connectivity index (χ2n) is 3.74. The van der Waals surface area contributed by atoms with Gasteiger partial charge in [0.25, 0.3) is 0 Å². The fraction of sp³-hybridized carbons (Fsp3) is 0.250. The fourth-order valence-electron chi connectivity index (χ4n) is 1.56. The van der Waals surface area contributed by atoms with E-state index in [9.17, 15) is 0 Å². The summed E-state index contributed by atoms with van der Waals surface area (Å²) >= 11 is 5.26. The van der Waals surface area contributed by atoms with E-state index in [2.05, 4.69) is 51.1 Å². The Kier molecular flexibility index (Phi) is 4.09. The molecular formula is C12H13BrN2S. The second kappa shape index (κ2) is 5.57. The van der Waals surface area contributed by atoms with E-state index in [0.717, 1.165) is 13.1 Å². The van der Waals surface area contributed by atoms with Crippen molar-refractivity contribution in [2.24, 2.45) is 0 Å². The van der Waals surface area contributed by atoms with Crippen LogP contribution in [0.2, 0.25) is 0 Å². The van der Waals surface area contributed by atoms with Gasteiger partial charge in [0.05, 0.1) is 3.79 Å². The van der Waals surface area contributed by atoms with Gasteiger partial charge >= 0.3 is 0 Å². The van der Waals surface area contributed by atoms with Gasteiger partial charge in [-0.25, -0.2) is 0 Å². The van der Waals surface area contributed by atoms with Crippen molar-refractivity contribution >= 4 is 27.3 Å². The highest BCUT2D eigenvalue weighted by atomic mass is 79.9. The summed E-state index contributed by atoms with van der Waals surface area (Å²) in [6, 6.07) is 8.34. The summed E-state index contributed by atoms with van der Waals surface area (Å²) in [5.74, 6) is 0. The van der Waals surface area contributed by atoms with Gasteiger partial charge in [-0.1, -0.05) is 6.07 Å². The molecule has 0 radical (unpaired) electrons. The first-order valence-corrected chi connectivity index (χ1v) is 6.66. The molecule has 4 heteroatoms. The highest BCUT2D eigenvalue weighted by Gasteiger charge is 2.03. The normalized spacial score (nSPS) is 10.9. The molecule has 2 aromatic heterocycles. The van der Waals surface area contributed by atoms with Gasteiger partial charge < -0.3 is 0 Å². The van der Waals surface area contributed by atoms with Crippen molar-refractivity contribution in [3.05, 3.63) is 50.9 Å². The first kappa shape index (κ1) is 11.8. The van der Waals surface area contributed by atoms with Crippen molar-refractivity contribution in [1.29, 1.82) is 0 Å². The van der Waals surface area contributed by atoms with Gasteiger partial charge in [-0.2, -0.15) is 0 Å². The van der Waals surface area contributed by atoms with E-state index in [0.29, 0.717) is 0 Å². The smallest absolute Gasteiger partial charge is 0.0701 e. The van der Waals surface area contributed by atoms with Crippen molar-refractivity contribution in [1.82, 2.24) is 9.88 Å². The largest absolute Gasteiger partial charge is 0.297 e. The molecule has 16 heavy (non-hydrogen) atoms. The Bertz CT molecular complexity index is 441. The summed E-state index contributed by atoms with van der Waals surface area (Å²) in [6.07, 6.45) is 3.72. The Morgan fingerprint density at radius 3 is 2.81 bits per heavy atom. The maximum absolute atomic E-state index is 4.12. The molecule has 2 nitrogen and oxygen atoms in total. The second-order valence-corrected chi connectivity index (χ2v) is 6.29. The molecule has 0 fully saturated rings. The molecule has 0 aromatic carbocycles. The lowest BCUT2D eigenvalue weighted by atomic mass is 10.2. The highest BCUT2D eigenvalue weighted by Crippen LogP contribution is 2.23. The van der Waals surface area contributed by atoms with E-state index >= 15 is 0 Å². The molecule has 0 amide bonds. The van der Waals surface area contributed by atoms with Crippen LogP contribution in [0.15, 0.2) is 40.4 Å². The molecule has 0 saturated carbocycles. The number of hydrogen-bond acceptors (Lipinski definition) is 3. The zero-order valence-electron chi connectivity index (χ0n) is 9.06. The molecule has 0 spiro atoms. The first-order valence-electron chi connectivity index (χ1n) is 5.06. The summed E-state index contributed by atoms with van der Waals surface area (Å²) in [5, 5.41) is 0. The van der Waals surface area contributed by atoms with Crippen LogP contribution < -0.4 is 0 Å². The van der Waals surface area contributed by atoms with E-state index in [-0.39, 0.29) is 0 Å². The number of nitrogens with zero attached hydrogens (tertiary/aromatic N) is 2. The quantitative estimate of drug-likeness (QED) is 0.858. The third kappa shape index (κ3) is 3.40. The zero-order valence-corrected chi connectivity index (χ0v) is 11.5. The van der Waals surface area contributed by atoms with Gasteiger partial charge in [0.2, 0.25) is 0 Å². The molecule has 0 atom stereocenters. The van der Waals surface area contributed by atoms with Gasteiger partial charge in [0.15, 0.2) is 0 Å². The number of thiophene rings is 1. The average Bonchev–Trinajstić information content (AvgIpc) is 2.65. The molecule has 0 aliphatic carbocycles. The molecule has 2 heterocycles. The van der Waals surface area contributed by atoms with Crippen LogP contribution in [0.5, 0.6) is 0 Å². The molecule has 0 saturated heterocycles. The standard InChI is InChI=1S/C12H13BrN2S/c1-15(8-10-3-2-6-14-7-10)9-11-4-5-12(13)16-11/h2-7H,8-9H2,1H3. The molecule has 0 aliphatic rings. The van der Waals surface area contributed by atoms with Gasteiger partial charge in [0.1, 0.15) is 0 Å². The predicted octanol–water partition coefficient (Wildman–Crippen LogP) is 3.54. The molecule has 2 rings (SSSR count). The van der Waals surface area contributed by atoms with Crippen molar-refractivity contribution in [3.63, 3.8) is 0 Å². The van der Waals surface area contributed by atoms with E-state index in [1.807, 2.05) is 12.3 Å². The van der Waals surface area contributed by atoms with Crippen LogP contribution >= 0.6 is 27.3 Å². The topological polar surface area (TPSA) is 16.1 Å². The average molecular weight is 297 g/mol. The molecule has 0 aliphatic heterocycles. The lowest BCUT2D eigenvalue weighted by Gasteiger charge is -2.15. The molecule has 0 N–H and O–H groups in total. The summed E-state index contributed by atoms with van der Waals surface area (Å²) in [4.78, 5) is 7.78. The van der Waals surface area contributed by atoms with Gasteiger partial charge in [-0.15, -0.1) is 11.3 Å². The number of pyridine rings is 1. The van der Waals surface area contributed by atoms with Gasteiger partial charge in [-0.05, 0) is 46.7 Å². The Labute approximate surface area is 108 Å². The lowest BCUT2D eigenvalue weighted by Crippen LogP contribution is -2.16. The Balaban J connectivity index is 1.92. The minimum atomic E-state index is 0.934. The maximum Gasteiger partial charge on any atom is 0.0701 e. The van der Waals surface area contributed by atoms with Crippen LogP contribution in [0.1, 0.15) is 10.4 Å². The number of rotatable bonds is 4. The number of hydrogen-bond donors (Lipinski definition) is 0. The maximum atomic E-state index is 4.12. The van der Waals surface area contributed by atoms with Crippen LogP contribution in [-0.2, 0) is 13.1 Å². The van der Waals surface area contributed by atoms with Crippen molar-refractivity contribution in [2.45, 2.75) is 13.1 Å². The van der Waals surface area contributed by atoms with Crippen molar-refractivity contribution < 1.29 is 0 Å². The van der Waals surface area contributed by atoms with Crippen LogP contribution in [0.25, 0.3) is 0 Å². The van der Waals surface area contributed by atoms with E-state index in [4.69, 9.17) is 0 Å². The Morgan fingerprint density at radius 1 is 1.31 bits per heavy atom. The summed E-state index contributed by atoms with van der Waals surface area (Å²) in [6.45, 7) is 1.91. The third-order valence-corrected chi connectivity index (χ3v) is 3.84. The van der Waals surface area contributed by atoms with Gasteiger partial charge in [-0.3, -0.25) is 9.88 Å². The molecule has 0 bridgehead atoms. The number of halogens is 1. The van der Waals surface area contributed by atoms with Crippen LogP contribution in [0, 0.1) is 0 Å². The minimum Gasteiger partial charge on any atom is -0.297 e. The highest BCUT2D eigenvalue weighted by molar-refractivity contribution is 9.11. The van der Waals surface area contributed by atoms with E-state index < -0.39 is 0 Å². The summed E-state index contributed by atoms with van der Waals surface area (Å²) < 4.78 is 1.19. The Morgan fingerprint density at radius 2 is 2.19 bits per heavy atom. The Hall–Kier alpha value is -0.710. The van der Waals surface area contributed by atoms with E-state index in [1.54, 1.807) is 17.5 Å². The van der Waals surface area contributed by atoms with Crippen LogP contribution in [-0.4, -0.2) is 16.9 Å². The summed E-state index contributed by atoms with van der Waals surface area (Å²) in [7, 11) is 2.13. The van der Waals surface area contributed by atoms with Crippen molar-refractivity contribution in [3.8, 4) is 0 Å². The zero-order chi connectivity index (χ0) is 11.4. The lowest BCUT2D eigenvalue weighted by molar-refractivity contribution is 0.321. The molecule has 0 unspecified atom stereocenters. The van der Waals surface area contributed by atoms with Crippen LogP contribution in [0.4, 0.5) is 0 Å². The summed E-state index contributed by atoms with van der Waals surface area (Å²) in [5.41, 5.74) is 1.25. The SMILES string of the molecule is CN(Cc1cccnc1)Cc1ccc(Br)s1. The van der Waals surface area contributed by atoms with Crippen LogP contribution in [0.3, 0.4) is 0 Å². The molecular weight excluding hydrogens is 284 g/mol. The van der Waals surface area contributed by atoms with Crippen molar-refractivity contribution in [2.75, 3.05) is 7.05 Å². The monoisotopic (exact) mass is 296 g/mol. The predicted molar refractivity (Wildman–Crippen MR) is 71.4 cm³/mol. The minimum absolute atomic E-state index is 0.934. The van der Waals surface area contributed by atoms with Gasteiger partial charge in [0, 0.05) is 30.4 Å². The fourth-order valence-corrected chi connectivity index (χ4v) is 3.13. The molecule has 2 aromatic rings. The number of aromatic nitrogens is 1.